The third kappa shape index (κ3) is 4.84. The van der Waals surface area contributed by atoms with E-state index >= 15 is 0 Å². The molecule has 0 saturated heterocycles. The van der Waals surface area contributed by atoms with E-state index in [1.807, 2.05) is 18.3 Å². The van der Waals surface area contributed by atoms with Crippen LogP contribution in [0.25, 0.3) is 0 Å². The molecule has 0 aliphatic heterocycles. The van der Waals surface area contributed by atoms with Gasteiger partial charge in [0.1, 0.15) is 0 Å². The predicted molar refractivity (Wildman–Crippen MR) is 72.7 cm³/mol. The van der Waals surface area contributed by atoms with Crippen molar-refractivity contribution < 1.29 is 0 Å². The fourth-order valence-electron chi connectivity index (χ4n) is 2.09. The molecule has 3 heteroatoms. The molecule has 1 aromatic rings. The molecule has 0 bridgehead atoms. The number of hydrogen-bond acceptors (Lipinski definition) is 3. The number of aromatic nitrogens is 1. The largest absolute Gasteiger partial charge is 0.329 e. The summed E-state index contributed by atoms with van der Waals surface area (Å²) in [4.78, 5) is 6.81. The number of nitrogens with zero attached hydrogens (tertiary/aromatic N) is 2. The summed E-state index contributed by atoms with van der Waals surface area (Å²) in [7, 11) is 0. The van der Waals surface area contributed by atoms with Crippen LogP contribution in [0.5, 0.6) is 0 Å². The highest BCUT2D eigenvalue weighted by atomic mass is 15.2. The van der Waals surface area contributed by atoms with E-state index < -0.39 is 0 Å². The highest BCUT2D eigenvalue weighted by Crippen LogP contribution is 2.11. The van der Waals surface area contributed by atoms with E-state index in [2.05, 4.69) is 29.8 Å². The molecule has 0 radical (unpaired) electrons. The maximum atomic E-state index is 5.88. The normalized spacial score (nSPS) is 12.9. The molecule has 1 aromatic heterocycles. The average Bonchev–Trinajstić information content (AvgIpc) is 2.39. The summed E-state index contributed by atoms with van der Waals surface area (Å²) in [6.07, 6.45) is 5.53. The number of rotatable bonds is 8. The van der Waals surface area contributed by atoms with Crippen LogP contribution in [-0.4, -0.2) is 29.0 Å². The summed E-state index contributed by atoms with van der Waals surface area (Å²) in [6, 6.07) is 6.56. The molecule has 17 heavy (non-hydrogen) atoms. The van der Waals surface area contributed by atoms with Crippen LogP contribution in [0.1, 0.15) is 38.8 Å². The fraction of sp³-hybridized carbons (Fsp3) is 0.643. The second-order valence-corrected chi connectivity index (χ2v) is 4.42. The van der Waals surface area contributed by atoms with E-state index in [4.69, 9.17) is 5.73 Å². The van der Waals surface area contributed by atoms with Crippen LogP contribution in [0.3, 0.4) is 0 Å². The molecule has 1 atom stereocenters. The van der Waals surface area contributed by atoms with Gasteiger partial charge in [-0.1, -0.05) is 32.8 Å². The van der Waals surface area contributed by atoms with Crippen molar-refractivity contribution in [2.75, 3.05) is 13.1 Å². The molecular weight excluding hydrogens is 210 g/mol. The Morgan fingerprint density at radius 2 is 2.18 bits per heavy atom. The van der Waals surface area contributed by atoms with Crippen molar-refractivity contribution in [2.45, 2.75) is 45.7 Å². The first-order chi connectivity index (χ1) is 8.31. The lowest BCUT2D eigenvalue weighted by molar-refractivity contribution is 0.187. The Hall–Kier alpha value is -0.930. The highest BCUT2D eigenvalue weighted by Gasteiger charge is 2.15. The molecule has 0 saturated carbocycles. The highest BCUT2D eigenvalue weighted by molar-refractivity contribution is 5.03. The Balaban J connectivity index is 2.56. The first-order valence-corrected chi connectivity index (χ1v) is 6.65. The first-order valence-electron chi connectivity index (χ1n) is 6.65. The second kappa shape index (κ2) is 8.20. The zero-order valence-corrected chi connectivity index (χ0v) is 11.1. The molecule has 0 aliphatic carbocycles. The van der Waals surface area contributed by atoms with Gasteiger partial charge < -0.3 is 5.73 Å². The summed E-state index contributed by atoms with van der Waals surface area (Å²) in [5.41, 5.74) is 7.01. The lowest BCUT2D eigenvalue weighted by Gasteiger charge is -2.29. The van der Waals surface area contributed by atoms with E-state index in [-0.39, 0.29) is 0 Å². The number of pyridine rings is 1. The van der Waals surface area contributed by atoms with Crippen molar-refractivity contribution in [3.8, 4) is 0 Å². The molecule has 1 heterocycles. The number of unbranched alkanes of at least 4 members (excludes halogenated alkanes) is 1. The van der Waals surface area contributed by atoms with E-state index in [1.165, 1.54) is 19.3 Å². The van der Waals surface area contributed by atoms with Crippen LogP contribution in [0.2, 0.25) is 0 Å². The van der Waals surface area contributed by atoms with Gasteiger partial charge in [0.05, 0.1) is 5.69 Å². The van der Waals surface area contributed by atoms with Crippen molar-refractivity contribution in [2.24, 2.45) is 5.73 Å². The Bertz CT molecular complexity index is 287. The van der Waals surface area contributed by atoms with E-state index in [9.17, 15) is 0 Å². The van der Waals surface area contributed by atoms with Gasteiger partial charge in [0.25, 0.3) is 0 Å². The Morgan fingerprint density at radius 1 is 1.35 bits per heavy atom. The number of hydrogen-bond donors (Lipinski definition) is 1. The van der Waals surface area contributed by atoms with Crippen LogP contribution in [-0.2, 0) is 6.54 Å². The predicted octanol–water partition coefficient (Wildman–Crippen LogP) is 2.42. The Kier molecular flexibility index (Phi) is 6.82. The summed E-state index contributed by atoms with van der Waals surface area (Å²) < 4.78 is 0. The molecule has 0 amide bonds. The number of nitrogens with two attached hydrogens (primary N) is 1. The van der Waals surface area contributed by atoms with Gasteiger partial charge in [-0.05, 0) is 25.1 Å². The Labute approximate surface area is 105 Å². The van der Waals surface area contributed by atoms with Crippen LogP contribution >= 0.6 is 0 Å². The summed E-state index contributed by atoms with van der Waals surface area (Å²) in [5.74, 6) is 0. The van der Waals surface area contributed by atoms with Gasteiger partial charge in [-0.2, -0.15) is 0 Å². The van der Waals surface area contributed by atoms with Crippen LogP contribution in [0.4, 0.5) is 0 Å². The van der Waals surface area contributed by atoms with Crippen molar-refractivity contribution in [1.29, 1.82) is 0 Å². The maximum absolute atomic E-state index is 5.88. The molecule has 0 aliphatic rings. The van der Waals surface area contributed by atoms with E-state index in [0.29, 0.717) is 6.04 Å². The molecule has 96 valence electrons. The molecule has 0 spiro atoms. The van der Waals surface area contributed by atoms with Gasteiger partial charge in [-0.25, -0.2) is 0 Å². The van der Waals surface area contributed by atoms with Crippen LogP contribution in [0.15, 0.2) is 24.4 Å². The second-order valence-electron chi connectivity index (χ2n) is 4.42. The average molecular weight is 235 g/mol. The lowest BCUT2D eigenvalue weighted by atomic mass is 10.1. The van der Waals surface area contributed by atoms with Crippen molar-refractivity contribution in [3.05, 3.63) is 30.1 Å². The molecule has 3 nitrogen and oxygen atoms in total. The summed E-state index contributed by atoms with van der Waals surface area (Å²) in [5, 5.41) is 0. The van der Waals surface area contributed by atoms with Crippen molar-refractivity contribution >= 4 is 0 Å². The van der Waals surface area contributed by atoms with Crippen molar-refractivity contribution in [3.63, 3.8) is 0 Å². The number of likely N-dealkylation sites (N-methyl/N-ethyl adjacent to an activating group) is 1. The molecular formula is C14H25N3. The molecule has 2 N–H and O–H groups in total. The first kappa shape index (κ1) is 14.1. The summed E-state index contributed by atoms with van der Waals surface area (Å²) >= 11 is 0. The van der Waals surface area contributed by atoms with Crippen LogP contribution in [0, 0.1) is 0 Å². The van der Waals surface area contributed by atoms with Gasteiger partial charge in [-0.3, -0.25) is 9.88 Å². The molecule has 0 aromatic carbocycles. The van der Waals surface area contributed by atoms with Gasteiger partial charge in [-0.15, -0.1) is 0 Å². The quantitative estimate of drug-likeness (QED) is 0.752. The third-order valence-corrected chi connectivity index (χ3v) is 3.18. The molecule has 1 unspecified atom stereocenters. The SMILES string of the molecule is CCCCC(CN)N(CC)Cc1ccccn1. The fourth-order valence-corrected chi connectivity index (χ4v) is 2.09. The van der Waals surface area contributed by atoms with E-state index in [1.54, 1.807) is 0 Å². The van der Waals surface area contributed by atoms with Gasteiger partial charge >= 0.3 is 0 Å². The zero-order chi connectivity index (χ0) is 12.5. The van der Waals surface area contributed by atoms with E-state index in [0.717, 1.165) is 25.3 Å². The Morgan fingerprint density at radius 3 is 2.71 bits per heavy atom. The molecule has 0 fully saturated rings. The minimum atomic E-state index is 0.488. The summed E-state index contributed by atoms with van der Waals surface area (Å²) in [6.45, 7) is 7.09. The minimum Gasteiger partial charge on any atom is -0.329 e. The third-order valence-electron chi connectivity index (χ3n) is 3.18. The van der Waals surface area contributed by atoms with Gasteiger partial charge in [0.2, 0.25) is 0 Å². The maximum Gasteiger partial charge on any atom is 0.0544 e. The monoisotopic (exact) mass is 235 g/mol. The van der Waals surface area contributed by atoms with Gasteiger partial charge in [0.15, 0.2) is 0 Å². The van der Waals surface area contributed by atoms with Crippen molar-refractivity contribution in [1.82, 2.24) is 9.88 Å². The smallest absolute Gasteiger partial charge is 0.0544 e. The molecule has 1 rings (SSSR count). The van der Waals surface area contributed by atoms with Crippen LogP contribution < -0.4 is 5.73 Å². The van der Waals surface area contributed by atoms with Gasteiger partial charge in [0, 0.05) is 25.3 Å². The standard InChI is InChI=1S/C14H25N3/c1-3-5-9-14(11-15)17(4-2)12-13-8-6-7-10-16-13/h6-8,10,14H,3-5,9,11-12,15H2,1-2H3. The minimum absolute atomic E-state index is 0.488. The topological polar surface area (TPSA) is 42.1 Å². The lowest BCUT2D eigenvalue weighted by Crippen LogP contribution is -2.40. The zero-order valence-electron chi connectivity index (χ0n) is 11.1.